The van der Waals surface area contributed by atoms with Gasteiger partial charge in [0.2, 0.25) is 0 Å². The first-order valence-electron chi connectivity index (χ1n) is 11.8. The van der Waals surface area contributed by atoms with Gasteiger partial charge in [-0.15, -0.1) is 0 Å². The van der Waals surface area contributed by atoms with Gasteiger partial charge in [-0.3, -0.25) is 9.48 Å². The molecule has 1 aromatic carbocycles. The molecule has 1 fully saturated rings. The van der Waals surface area contributed by atoms with Crippen molar-refractivity contribution in [2.75, 3.05) is 5.32 Å². The van der Waals surface area contributed by atoms with Gasteiger partial charge in [0.15, 0.2) is 5.69 Å². The predicted octanol–water partition coefficient (Wildman–Crippen LogP) is 4.90. The zero-order valence-electron chi connectivity index (χ0n) is 20.2. The van der Waals surface area contributed by atoms with Crippen LogP contribution in [0.1, 0.15) is 61.3 Å². The molecule has 1 amide bonds. The minimum atomic E-state index is -4.61. The van der Waals surface area contributed by atoms with E-state index in [1.54, 1.807) is 19.9 Å². The number of benzene rings is 1. The Morgan fingerprint density at radius 2 is 2.00 bits per heavy atom. The molecule has 8 nitrogen and oxygen atoms in total. The Morgan fingerprint density at radius 3 is 2.68 bits per heavy atom. The van der Waals surface area contributed by atoms with Gasteiger partial charge < -0.3 is 15.7 Å². The van der Waals surface area contributed by atoms with Crippen LogP contribution in [0.15, 0.2) is 30.5 Å². The van der Waals surface area contributed by atoms with E-state index in [2.05, 4.69) is 20.7 Å². The molecular formula is C25H26ClF3N6O2. The van der Waals surface area contributed by atoms with Crippen molar-refractivity contribution in [2.24, 2.45) is 0 Å². The third-order valence-electron chi connectivity index (χ3n) is 6.09. The van der Waals surface area contributed by atoms with E-state index in [0.29, 0.717) is 29.7 Å². The summed E-state index contributed by atoms with van der Waals surface area (Å²) < 4.78 is 41.8. The highest BCUT2D eigenvalue weighted by Crippen LogP contribution is 2.35. The van der Waals surface area contributed by atoms with Gasteiger partial charge in [0, 0.05) is 34.4 Å². The summed E-state index contributed by atoms with van der Waals surface area (Å²) in [6.45, 7) is 3.29. The minimum Gasteiger partial charge on any atom is -0.389 e. The third-order valence-corrected chi connectivity index (χ3v) is 6.33. The van der Waals surface area contributed by atoms with Crippen LogP contribution >= 0.6 is 11.6 Å². The Labute approximate surface area is 216 Å². The van der Waals surface area contributed by atoms with E-state index in [4.69, 9.17) is 11.6 Å². The number of halogens is 4. The van der Waals surface area contributed by atoms with E-state index < -0.39 is 23.4 Å². The van der Waals surface area contributed by atoms with Gasteiger partial charge in [-0.2, -0.15) is 23.5 Å². The Morgan fingerprint density at radius 1 is 1.27 bits per heavy atom. The SMILES string of the molecule is CC(C)(O)Cn1cc(C(=O)N[C@@H]2CCC[C@H](Nc3cc(C(F)(F)F)nc4ccc(Cl)cc34)C2)c(C#N)n1. The topological polar surface area (TPSA) is 116 Å². The quantitative estimate of drug-likeness (QED) is 0.414. The molecule has 37 heavy (non-hydrogen) atoms. The van der Waals surface area contributed by atoms with Crippen molar-refractivity contribution in [3.8, 4) is 6.07 Å². The van der Waals surface area contributed by atoms with Crippen molar-refractivity contribution in [2.45, 2.75) is 69.9 Å². The number of fused-ring (bicyclic) bond motifs is 1. The summed E-state index contributed by atoms with van der Waals surface area (Å²) in [5.74, 6) is -0.468. The van der Waals surface area contributed by atoms with Gasteiger partial charge in [0.05, 0.1) is 23.2 Å². The highest BCUT2D eigenvalue weighted by molar-refractivity contribution is 6.31. The number of nitriles is 1. The third kappa shape index (κ3) is 6.50. The lowest BCUT2D eigenvalue weighted by Gasteiger charge is -2.31. The van der Waals surface area contributed by atoms with Crippen molar-refractivity contribution in [1.29, 1.82) is 5.26 Å². The summed E-state index contributed by atoms with van der Waals surface area (Å²) in [5.41, 5.74) is -1.58. The first-order chi connectivity index (χ1) is 17.3. The number of hydrogen-bond donors (Lipinski definition) is 3. The number of hydrogen-bond acceptors (Lipinski definition) is 6. The number of carbonyl (C=O) groups is 1. The summed E-state index contributed by atoms with van der Waals surface area (Å²) in [5, 5.41) is 30.5. The monoisotopic (exact) mass is 534 g/mol. The van der Waals surface area contributed by atoms with E-state index >= 15 is 0 Å². The number of aliphatic hydroxyl groups is 1. The van der Waals surface area contributed by atoms with Crippen LogP contribution in [0.4, 0.5) is 18.9 Å². The lowest BCUT2D eigenvalue weighted by Crippen LogP contribution is -2.42. The Balaban J connectivity index is 1.51. The Kier molecular flexibility index (Phi) is 7.35. The molecule has 3 N–H and O–H groups in total. The first-order valence-corrected chi connectivity index (χ1v) is 12.1. The van der Waals surface area contributed by atoms with Gasteiger partial charge in [0.1, 0.15) is 11.8 Å². The molecule has 0 spiro atoms. The predicted molar refractivity (Wildman–Crippen MR) is 132 cm³/mol. The van der Waals surface area contributed by atoms with E-state index in [0.717, 1.165) is 12.5 Å². The zero-order valence-corrected chi connectivity index (χ0v) is 21.0. The number of alkyl halides is 3. The van der Waals surface area contributed by atoms with Crippen LogP contribution in [-0.4, -0.2) is 43.5 Å². The molecule has 196 valence electrons. The van der Waals surface area contributed by atoms with Crippen molar-refractivity contribution in [3.63, 3.8) is 0 Å². The molecule has 3 aromatic rings. The minimum absolute atomic E-state index is 0.0490. The van der Waals surface area contributed by atoms with Gasteiger partial charge in [-0.25, -0.2) is 4.98 Å². The molecule has 12 heteroatoms. The molecule has 2 aromatic heterocycles. The summed E-state index contributed by atoms with van der Waals surface area (Å²) in [4.78, 5) is 16.7. The number of nitrogens with zero attached hydrogens (tertiary/aromatic N) is 4. The number of carbonyl (C=O) groups excluding carboxylic acids is 1. The first kappa shape index (κ1) is 26.7. The summed E-state index contributed by atoms with van der Waals surface area (Å²) >= 11 is 6.09. The highest BCUT2D eigenvalue weighted by atomic mass is 35.5. The summed E-state index contributed by atoms with van der Waals surface area (Å²) in [6.07, 6.45) is -0.596. The largest absolute Gasteiger partial charge is 0.433 e. The fraction of sp³-hybridized carbons (Fsp3) is 0.440. The molecule has 4 rings (SSSR count). The van der Waals surface area contributed by atoms with Gasteiger partial charge in [-0.1, -0.05) is 11.6 Å². The van der Waals surface area contributed by atoms with Crippen LogP contribution in [0.2, 0.25) is 5.02 Å². The van der Waals surface area contributed by atoms with Crippen LogP contribution in [-0.2, 0) is 12.7 Å². The van der Waals surface area contributed by atoms with Crippen molar-refractivity contribution < 1.29 is 23.1 Å². The summed E-state index contributed by atoms with van der Waals surface area (Å²) in [6, 6.07) is 6.93. The molecular weight excluding hydrogens is 509 g/mol. The molecule has 0 bridgehead atoms. The van der Waals surface area contributed by atoms with Crippen LogP contribution in [0.25, 0.3) is 10.9 Å². The highest BCUT2D eigenvalue weighted by Gasteiger charge is 2.34. The fourth-order valence-corrected chi connectivity index (χ4v) is 4.72. The van der Waals surface area contributed by atoms with Gasteiger partial charge in [-0.05, 0) is 63.8 Å². The molecule has 1 saturated carbocycles. The van der Waals surface area contributed by atoms with E-state index in [1.165, 1.54) is 23.0 Å². The number of anilines is 1. The lowest BCUT2D eigenvalue weighted by molar-refractivity contribution is -0.140. The molecule has 1 aliphatic rings. The van der Waals surface area contributed by atoms with Crippen LogP contribution < -0.4 is 10.6 Å². The maximum Gasteiger partial charge on any atom is 0.433 e. The number of aromatic nitrogens is 3. The molecule has 0 aliphatic heterocycles. The maximum atomic E-state index is 13.5. The molecule has 2 atom stereocenters. The van der Waals surface area contributed by atoms with Crippen LogP contribution in [0.3, 0.4) is 0 Å². The second kappa shape index (κ2) is 10.2. The van der Waals surface area contributed by atoms with Gasteiger partial charge >= 0.3 is 6.18 Å². The molecule has 0 saturated heterocycles. The standard InChI is InChI=1S/C25H26ClF3N6O2/c1-24(2,37)13-35-12-18(21(11-30)34-35)23(36)32-16-5-3-4-15(9-16)31-20-10-22(25(27,28)29)33-19-7-6-14(26)8-17(19)20/h6-8,10,12,15-16,37H,3-5,9,13H2,1-2H3,(H,31,33)(H,32,36)/t15-,16+/m0/s1. The van der Waals surface area contributed by atoms with Crippen molar-refractivity contribution >= 4 is 34.1 Å². The second-order valence-electron chi connectivity index (χ2n) is 9.91. The maximum absolute atomic E-state index is 13.5. The van der Waals surface area contributed by atoms with Crippen LogP contribution in [0.5, 0.6) is 0 Å². The second-order valence-corrected chi connectivity index (χ2v) is 10.3. The van der Waals surface area contributed by atoms with E-state index in [9.17, 15) is 28.3 Å². The normalized spacial score (nSPS) is 18.4. The van der Waals surface area contributed by atoms with Crippen molar-refractivity contribution in [1.82, 2.24) is 20.1 Å². The number of rotatable bonds is 6. The van der Waals surface area contributed by atoms with Crippen molar-refractivity contribution in [3.05, 3.63) is 52.4 Å². The fourth-order valence-electron chi connectivity index (χ4n) is 4.55. The molecule has 0 radical (unpaired) electrons. The summed E-state index contributed by atoms with van der Waals surface area (Å²) in [7, 11) is 0. The Bertz CT molecular complexity index is 1360. The smallest absolute Gasteiger partial charge is 0.389 e. The zero-order chi connectivity index (χ0) is 27.0. The average molecular weight is 535 g/mol. The number of amides is 1. The Hall–Kier alpha value is -3.36. The lowest BCUT2D eigenvalue weighted by atomic mass is 9.90. The molecule has 0 unspecified atom stereocenters. The molecule has 1 aliphatic carbocycles. The van der Waals surface area contributed by atoms with Gasteiger partial charge in [0.25, 0.3) is 5.91 Å². The number of nitrogens with one attached hydrogen (secondary N) is 2. The number of pyridine rings is 1. The average Bonchev–Trinajstić information content (AvgIpc) is 3.20. The van der Waals surface area contributed by atoms with E-state index in [1.807, 2.05) is 6.07 Å². The molecule has 2 heterocycles. The van der Waals surface area contributed by atoms with Crippen LogP contribution in [0, 0.1) is 11.3 Å². The van der Waals surface area contributed by atoms with E-state index in [-0.39, 0.29) is 41.1 Å².